The van der Waals surface area contributed by atoms with Gasteiger partial charge in [-0.25, -0.2) is 4.79 Å². The first-order valence-corrected chi connectivity index (χ1v) is 7.99. The summed E-state index contributed by atoms with van der Waals surface area (Å²) in [6.07, 6.45) is 1.78. The van der Waals surface area contributed by atoms with E-state index in [4.69, 9.17) is 4.42 Å². The maximum Gasteiger partial charge on any atom is 0.417 e. The minimum atomic E-state index is -0.393. The summed E-state index contributed by atoms with van der Waals surface area (Å²) in [6, 6.07) is 5.77. The average Bonchev–Trinajstić information content (AvgIpc) is 3.03. The van der Waals surface area contributed by atoms with E-state index >= 15 is 0 Å². The zero-order chi connectivity index (χ0) is 16.3. The molecule has 2 aromatic heterocycles. The Labute approximate surface area is 132 Å². The first-order chi connectivity index (χ1) is 10.4. The molecule has 0 aliphatic rings. The summed E-state index contributed by atoms with van der Waals surface area (Å²) in [7, 11) is 0. The normalized spacial score (nSPS) is 11.0. The van der Waals surface area contributed by atoms with Gasteiger partial charge in [-0.1, -0.05) is 45.1 Å². The Morgan fingerprint density at radius 3 is 2.32 bits per heavy atom. The summed E-state index contributed by atoms with van der Waals surface area (Å²) >= 11 is 1.28. The van der Waals surface area contributed by atoms with Crippen LogP contribution in [-0.4, -0.2) is 9.97 Å². The number of aromatic nitrogens is 2. The maximum absolute atomic E-state index is 10.8. The second kappa shape index (κ2) is 6.79. The van der Waals surface area contributed by atoms with Gasteiger partial charge in [0.25, 0.3) is 0 Å². The van der Waals surface area contributed by atoms with Gasteiger partial charge in [-0.2, -0.15) is 0 Å². The molecule has 1 aromatic carbocycles. The molecule has 0 saturated heterocycles. The number of hydrogen-bond acceptors (Lipinski definition) is 4. The molecule has 2 heterocycles. The molecule has 0 spiro atoms. The third-order valence-corrected chi connectivity index (χ3v) is 4.35. The van der Waals surface area contributed by atoms with Gasteiger partial charge >= 0.3 is 10.6 Å². The van der Waals surface area contributed by atoms with E-state index in [-0.39, 0.29) is 4.87 Å². The van der Waals surface area contributed by atoms with Crippen molar-refractivity contribution in [3.8, 4) is 0 Å². The van der Waals surface area contributed by atoms with E-state index in [2.05, 4.69) is 37.7 Å². The zero-order valence-corrected chi connectivity index (χ0v) is 13.9. The summed E-state index contributed by atoms with van der Waals surface area (Å²) in [4.78, 5) is 27.8. The molecular weight excluding hydrogens is 300 g/mol. The van der Waals surface area contributed by atoms with E-state index < -0.39 is 5.76 Å². The number of rotatable bonds is 2. The summed E-state index contributed by atoms with van der Waals surface area (Å²) in [5.41, 5.74) is 2.57. The SMILES string of the molecule is CC(C)c1c[nH]c(=O)s1.CC(C)c1ccc2[nH]c(=O)oc2c1. The Hall–Kier alpha value is -2.08. The number of fused-ring (bicyclic) bond motifs is 1. The minimum Gasteiger partial charge on any atom is -0.408 e. The van der Waals surface area contributed by atoms with Crippen molar-refractivity contribution in [2.24, 2.45) is 0 Å². The molecule has 0 radical (unpaired) electrons. The summed E-state index contributed by atoms with van der Waals surface area (Å²) < 4.78 is 4.95. The van der Waals surface area contributed by atoms with E-state index in [1.807, 2.05) is 18.2 Å². The van der Waals surface area contributed by atoms with Gasteiger partial charge in [0.2, 0.25) is 0 Å². The van der Waals surface area contributed by atoms with E-state index in [1.165, 1.54) is 16.9 Å². The average molecular weight is 320 g/mol. The standard InChI is InChI=1S/C10H11NO2.C6H9NOS/c1-6(2)7-3-4-8-9(5-7)13-10(12)11-8;1-4(2)5-3-7-6(8)9-5/h3-6H,1-2H3,(H,11,12);3-4H,1-2H3,(H,7,8). The number of oxazole rings is 1. The monoisotopic (exact) mass is 320 g/mol. The van der Waals surface area contributed by atoms with Crippen LogP contribution in [0.5, 0.6) is 0 Å². The predicted octanol–water partition coefficient (Wildman–Crippen LogP) is 3.80. The van der Waals surface area contributed by atoms with E-state index in [9.17, 15) is 9.59 Å². The largest absolute Gasteiger partial charge is 0.417 e. The maximum atomic E-state index is 10.8. The Balaban J connectivity index is 0.000000172. The molecule has 0 atom stereocenters. The van der Waals surface area contributed by atoms with Crippen molar-refractivity contribution < 1.29 is 4.42 Å². The van der Waals surface area contributed by atoms with Gasteiger partial charge in [-0.05, 0) is 29.5 Å². The molecule has 0 saturated carbocycles. The van der Waals surface area contributed by atoms with E-state index in [0.29, 0.717) is 17.4 Å². The quantitative estimate of drug-likeness (QED) is 0.753. The highest BCUT2D eigenvalue weighted by molar-refractivity contribution is 7.09. The Morgan fingerprint density at radius 1 is 1.09 bits per heavy atom. The van der Waals surface area contributed by atoms with Crippen LogP contribution in [0.3, 0.4) is 0 Å². The fourth-order valence-corrected chi connectivity index (χ4v) is 2.59. The van der Waals surface area contributed by atoms with Gasteiger partial charge in [0.05, 0.1) is 5.52 Å². The lowest BCUT2D eigenvalue weighted by Crippen LogP contribution is -1.92. The molecule has 2 N–H and O–H groups in total. The predicted molar refractivity (Wildman–Crippen MR) is 90.0 cm³/mol. The van der Waals surface area contributed by atoms with Crippen LogP contribution in [0, 0.1) is 0 Å². The van der Waals surface area contributed by atoms with Crippen LogP contribution in [0.15, 0.2) is 38.4 Å². The summed E-state index contributed by atoms with van der Waals surface area (Å²) in [5, 5.41) is 0. The molecule has 3 aromatic rings. The zero-order valence-electron chi connectivity index (χ0n) is 13.1. The summed E-state index contributed by atoms with van der Waals surface area (Å²) in [6.45, 7) is 8.34. The molecule has 0 amide bonds. The topological polar surface area (TPSA) is 78.9 Å². The van der Waals surface area contributed by atoms with Gasteiger partial charge in [0.1, 0.15) is 0 Å². The number of thiazole rings is 1. The second-order valence-electron chi connectivity index (χ2n) is 5.66. The molecule has 118 valence electrons. The fourth-order valence-electron chi connectivity index (χ4n) is 1.90. The minimum absolute atomic E-state index is 0.0405. The summed E-state index contributed by atoms with van der Waals surface area (Å²) in [5.74, 6) is 0.523. The Kier molecular flexibility index (Phi) is 5.03. The van der Waals surface area contributed by atoms with Crippen molar-refractivity contribution in [1.29, 1.82) is 0 Å². The van der Waals surface area contributed by atoms with Gasteiger partial charge in [0, 0.05) is 11.1 Å². The van der Waals surface area contributed by atoms with E-state index in [1.54, 1.807) is 6.20 Å². The van der Waals surface area contributed by atoms with Gasteiger partial charge in [0.15, 0.2) is 5.58 Å². The highest BCUT2D eigenvalue weighted by atomic mass is 32.1. The first kappa shape index (κ1) is 16.3. The van der Waals surface area contributed by atoms with Crippen molar-refractivity contribution in [3.05, 3.63) is 55.1 Å². The molecule has 5 nitrogen and oxygen atoms in total. The van der Waals surface area contributed by atoms with Crippen LogP contribution >= 0.6 is 11.3 Å². The number of aromatic amines is 2. The van der Waals surface area contributed by atoms with Crippen LogP contribution in [0.1, 0.15) is 50.0 Å². The molecule has 0 bridgehead atoms. The third kappa shape index (κ3) is 3.98. The lowest BCUT2D eigenvalue weighted by molar-refractivity contribution is 0.555. The molecule has 0 unspecified atom stereocenters. The van der Waals surface area contributed by atoms with Gasteiger partial charge in [-0.15, -0.1) is 0 Å². The van der Waals surface area contributed by atoms with E-state index in [0.717, 1.165) is 10.4 Å². The lowest BCUT2D eigenvalue weighted by atomic mass is 10.0. The van der Waals surface area contributed by atoms with Crippen LogP contribution < -0.4 is 10.6 Å². The fraction of sp³-hybridized carbons (Fsp3) is 0.375. The van der Waals surface area contributed by atoms with Crippen LogP contribution in [0.4, 0.5) is 0 Å². The number of H-pyrrole nitrogens is 2. The van der Waals surface area contributed by atoms with Crippen molar-refractivity contribution >= 4 is 22.4 Å². The van der Waals surface area contributed by atoms with Crippen LogP contribution in [0.25, 0.3) is 11.1 Å². The van der Waals surface area contributed by atoms with Gasteiger partial charge in [-0.3, -0.25) is 9.78 Å². The Bertz CT molecular complexity index is 852. The second-order valence-corrected chi connectivity index (χ2v) is 6.71. The molecule has 0 fully saturated rings. The molecule has 22 heavy (non-hydrogen) atoms. The lowest BCUT2D eigenvalue weighted by Gasteiger charge is -2.02. The van der Waals surface area contributed by atoms with Gasteiger partial charge < -0.3 is 9.40 Å². The molecule has 6 heteroatoms. The molecule has 3 rings (SSSR count). The Morgan fingerprint density at radius 2 is 1.82 bits per heavy atom. The van der Waals surface area contributed by atoms with Crippen molar-refractivity contribution in [1.82, 2.24) is 9.97 Å². The highest BCUT2D eigenvalue weighted by Gasteiger charge is 2.04. The van der Waals surface area contributed by atoms with Crippen molar-refractivity contribution in [2.75, 3.05) is 0 Å². The molecule has 0 aliphatic carbocycles. The number of benzene rings is 1. The van der Waals surface area contributed by atoms with Crippen LogP contribution in [0.2, 0.25) is 0 Å². The first-order valence-electron chi connectivity index (χ1n) is 7.18. The third-order valence-electron chi connectivity index (χ3n) is 3.22. The number of nitrogens with one attached hydrogen (secondary N) is 2. The van der Waals surface area contributed by atoms with Crippen molar-refractivity contribution in [3.63, 3.8) is 0 Å². The van der Waals surface area contributed by atoms with Crippen LogP contribution in [-0.2, 0) is 0 Å². The molecule has 0 aliphatic heterocycles. The smallest absolute Gasteiger partial charge is 0.408 e. The van der Waals surface area contributed by atoms with Crippen molar-refractivity contribution in [2.45, 2.75) is 39.5 Å². The number of hydrogen-bond donors (Lipinski definition) is 2. The highest BCUT2D eigenvalue weighted by Crippen LogP contribution is 2.19. The molecular formula is C16H20N2O3S.